The first-order valence-electron chi connectivity index (χ1n) is 6.36. The summed E-state index contributed by atoms with van der Waals surface area (Å²) in [6.07, 6.45) is 0.996. The molecule has 1 atom stereocenters. The van der Waals surface area contributed by atoms with Crippen molar-refractivity contribution in [1.82, 2.24) is 5.32 Å². The zero-order valence-corrected chi connectivity index (χ0v) is 14.8. The zero-order chi connectivity index (χ0) is 16.9. The summed E-state index contributed by atoms with van der Waals surface area (Å²) >= 11 is 11.9. The summed E-state index contributed by atoms with van der Waals surface area (Å²) in [4.78, 5) is 12.0. The molecule has 0 unspecified atom stereocenters. The summed E-state index contributed by atoms with van der Waals surface area (Å²) < 4.78 is 29.7. The molecule has 1 aromatic rings. The molecule has 0 heterocycles. The van der Waals surface area contributed by atoms with Gasteiger partial charge in [0.2, 0.25) is 15.9 Å². The third-order valence-electron chi connectivity index (χ3n) is 2.69. The van der Waals surface area contributed by atoms with Crippen molar-refractivity contribution in [3.63, 3.8) is 0 Å². The lowest BCUT2D eigenvalue weighted by atomic mass is 10.3. The lowest BCUT2D eigenvalue weighted by molar-refractivity contribution is -0.120. The fraction of sp³-hybridized carbons (Fsp3) is 0.462. The number of carbonyl (C=O) groups excluding carboxylic acids is 1. The molecule has 22 heavy (non-hydrogen) atoms. The summed E-state index contributed by atoms with van der Waals surface area (Å²) in [5.41, 5.74) is 0.159. The van der Waals surface area contributed by atoms with E-state index in [1.54, 1.807) is 6.92 Å². The van der Waals surface area contributed by atoms with Gasteiger partial charge in [-0.15, -0.1) is 0 Å². The minimum atomic E-state index is -3.70. The molecule has 0 aliphatic rings. The molecule has 0 aliphatic carbocycles. The van der Waals surface area contributed by atoms with Crippen LogP contribution < -0.4 is 9.62 Å². The van der Waals surface area contributed by atoms with Crippen LogP contribution in [-0.4, -0.2) is 46.9 Å². The van der Waals surface area contributed by atoms with E-state index in [0.29, 0.717) is 11.6 Å². The van der Waals surface area contributed by atoms with Crippen molar-refractivity contribution < 1.29 is 17.9 Å². The number of amides is 1. The van der Waals surface area contributed by atoms with Gasteiger partial charge in [0, 0.05) is 18.2 Å². The molecular formula is C13H18Cl2N2O4S. The van der Waals surface area contributed by atoms with Crippen molar-refractivity contribution in [2.24, 2.45) is 0 Å². The highest BCUT2D eigenvalue weighted by molar-refractivity contribution is 7.92. The average Bonchev–Trinajstić information content (AvgIpc) is 2.38. The van der Waals surface area contributed by atoms with Crippen molar-refractivity contribution in [3.05, 3.63) is 28.2 Å². The van der Waals surface area contributed by atoms with E-state index in [1.165, 1.54) is 25.3 Å². The predicted octanol–water partition coefficient (Wildman–Crippen LogP) is 1.91. The molecule has 0 fully saturated rings. The molecule has 1 aromatic carbocycles. The smallest absolute Gasteiger partial charge is 0.241 e. The van der Waals surface area contributed by atoms with Gasteiger partial charge in [0.05, 0.1) is 23.6 Å². The number of anilines is 1. The van der Waals surface area contributed by atoms with Crippen molar-refractivity contribution in [2.75, 3.05) is 30.8 Å². The summed E-state index contributed by atoms with van der Waals surface area (Å²) in [6, 6.07) is 4.17. The molecule has 0 radical (unpaired) electrons. The highest BCUT2D eigenvalue weighted by Crippen LogP contribution is 2.30. The normalized spacial score (nSPS) is 12.8. The van der Waals surface area contributed by atoms with Crippen LogP contribution in [0.3, 0.4) is 0 Å². The Morgan fingerprint density at radius 2 is 2.05 bits per heavy atom. The van der Waals surface area contributed by atoms with E-state index in [9.17, 15) is 13.2 Å². The lowest BCUT2D eigenvalue weighted by Gasteiger charge is -2.24. The molecule has 0 aromatic heterocycles. The number of halogens is 2. The van der Waals surface area contributed by atoms with E-state index < -0.39 is 22.5 Å². The number of sulfonamides is 1. The van der Waals surface area contributed by atoms with Gasteiger partial charge < -0.3 is 10.1 Å². The molecule has 0 spiro atoms. The van der Waals surface area contributed by atoms with E-state index in [4.69, 9.17) is 27.9 Å². The SMILES string of the molecule is COC[C@@H](C)NC(=O)CN(c1cc(Cl)ccc1Cl)S(C)(=O)=O. The monoisotopic (exact) mass is 368 g/mol. The van der Waals surface area contributed by atoms with Gasteiger partial charge in [-0.3, -0.25) is 9.10 Å². The topological polar surface area (TPSA) is 75.7 Å². The number of rotatable bonds is 7. The fourth-order valence-electron chi connectivity index (χ4n) is 1.80. The van der Waals surface area contributed by atoms with Gasteiger partial charge in [-0.25, -0.2) is 8.42 Å². The van der Waals surface area contributed by atoms with Crippen LogP contribution in [0.15, 0.2) is 18.2 Å². The third kappa shape index (κ3) is 5.64. The number of methoxy groups -OCH3 is 1. The van der Waals surface area contributed by atoms with E-state index in [1.807, 2.05) is 0 Å². The van der Waals surface area contributed by atoms with Crippen LogP contribution in [0.4, 0.5) is 5.69 Å². The quantitative estimate of drug-likeness (QED) is 0.797. The maximum atomic E-state index is 12.0. The molecule has 1 N–H and O–H groups in total. The molecular weight excluding hydrogens is 351 g/mol. The Kier molecular flexibility index (Phi) is 6.93. The molecule has 0 saturated carbocycles. The molecule has 0 aliphatic heterocycles. The summed E-state index contributed by atoms with van der Waals surface area (Å²) in [5, 5.41) is 3.15. The van der Waals surface area contributed by atoms with Crippen LogP contribution in [0.1, 0.15) is 6.92 Å². The van der Waals surface area contributed by atoms with Crippen LogP contribution in [0.2, 0.25) is 10.0 Å². The van der Waals surface area contributed by atoms with Gasteiger partial charge in [0.1, 0.15) is 6.54 Å². The van der Waals surface area contributed by atoms with Gasteiger partial charge >= 0.3 is 0 Å². The van der Waals surface area contributed by atoms with Gasteiger partial charge in [0.25, 0.3) is 0 Å². The molecule has 1 amide bonds. The Hall–Kier alpha value is -1.02. The second-order valence-corrected chi connectivity index (χ2v) is 7.54. The zero-order valence-electron chi connectivity index (χ0n) is 12.5. The number of carbonyl (C=O) groups is 1. The standard InChI is InChI=1S/C13H18Cl2N2O4S/c1-9(8-21-2)16-13(18)7-17(22(3,19)20)12-6-10(14)4-5-11(12)15/h4-6,9H,7-8H2,1-3H3,(H,16,18)/t9-/m1/s1. The number of ether oxygens (including phenoxy) is 1. The largest absolute Gasteiger partial charge is 0.383 e. The second kappa shape index (κ2) is 8.01. The first-order valence-corrected chi connectivity index (χ1v) is 8.96. The number of hydrogen-bond acceptors (Lipinski definition) is 4. The van der Waals surface area contributed by atoms with Crippen LogP contribution in [0, 0.1) is 0 Å². The first kappa shape index (κ1) is 19.0. The van der Waals surface area contributed by atoms with E-state index in [0.717, 1.165) is 10.6 Å². The van der Waals surface area contributed by atoms with E-state index in [2.05, 4.69) is 5.32 Å². The van der Waals surface area contributed by atoms with Crippen molar-refractivity contribution in [3.8, 4) is 0 Å². The van der Waals surface area contributed by atoms with Crippen LogP contribution in [-0.2, 0) is 19.6 Å². The Morgan fingerprint density at radius 1 is 1.41 bits per heavy atom. The fourth-order valence-corrected chi connectivity index (χ4v) is 3.10. The van der Waals surface area contributed by atoms with Gasteiger partial charge in [-0.1, -0.05) is 23.2 Å². The number of nitrogens with zero attached hydrogens (tertiary/aromatic N) is 1. The van der Waals surface area contributed by atoms with E-state index >= 15 is 0 Å². The highest BCUT2D eigenvalue weighted by atomic mass is 35.5. The van der Waals surface area contributed by atoms with Gasteiger partial charge in [0.15, 0.2) is 0 Å². The van der Waals surface area contributed by atoms with Gasteiger partial charge in [-0.2, -0.15) is 0 Å². The summed E-state index contributed by atoms with van der Waals surface area (Å²) in [5.74, 6) is -0.467. The Balaban J connectivity index is 3.01. The molecule has 6 nitrogen and oxygen atoms in total. The second-order valence-electron chi connectivity index (χ2n) is 4.79. The van der Waals surface area contributed by atoms with Crippen LogP contribution >= 0.6 is 23.2 Å². The van der Waals surface area contributed by atoms with Gasteiger partial charge in [-0.05, 0) is 25.1 Å². The minimum absolute atomic E-state index is 0.159. The van der Waals surface area contributed by atoms with E-state index in [-0.39, 0.29) is 16.8 Å². The van der Waals surface area contributed by atoms with Crippen molar-refractivity contribution in [1.29, 1.82) is 0 Å². The summed E-state index contributed by atoms with van der Waals surface area (Å²) in [7, 11) is -2.19. The van der Waals surface area contributed by atoms with Crippen molar-refractivity contribution >= 4 is 44.8 Å². The predicted molar refractivity (Wildman–Crippen MR) is 88.1 cm³/mol. The maximum Gasteiger partial charge on any atom is 0.241 e. The van der Waals surface area contributed by atoms with Crippen molar-refractivity contribution in [2.45, 2.75) is 13.0 Å². The van der Waals surface area contributed by atoms with Crippen LogP contribution in [0.5, 0.6) is 0 Å². The third-order valence-corrected chi connectivity index (χ3v) is 4.37. The number of nitrogens with one attached hydrogen (secondary N) is 1. The summed E-state index contributed by atoms with van der Waals surface area (Å²) in [6.45, 7) is 1.67. The Bertz CT molecular complexity index is 637. The highest BCUT2D eigenvalue weighted by Gasteiger charge is 2.23. The molecule has 124 valence electrons. The van der Waals surface area contributed by atoms with Crippen LogP contribution in [0.25, 0.3) is 0 Å². The lowest BCUT2D eigenvalue weighted by Crippen LogP contribution is -2.44. The average molecular weight is 369 g/mol. The molecule has 0 saturated heterocycles. The Morgan fingerprint density at radius 3 is 2.59 bits per heavy atom. The number of hydrogen-bond donors (Lipinski definition) is 1. The Labute approximate surface area is 140 Å². The molecule has 0 bridgehead atoms. The first-order chi connectivity index (χ1) is 10.1. The molecule has 1 rings (SSSR count). The molecule has 9 heteroatoms. The minimum Gasteiger partial charge on any atom is -0.383 e. The number of benzene rings is 1. The maximum absolute atomic E-state index is 12.0.